The predicted octanol–water partition coefficient (Wildman–Crippen LogP) is 6.05. The van der Waals surface area contributed by atoms with Crippen molar-refractivity contribution in [1.82, 2.24) is 30.0 Å². The Morgan fingerprint density at radius 2 is 1.70 bits per heavy atom. The first-order valence-electron chi connectivity index (χ1n) is 16.2. The predicted molar refractivity (Wildman–Crippen MR) is 172 cm³/mol. The van der Waals surface area contributed by atoms with Crippen molar-refractivity contribution in [2.24, 2.45) is 17.3 Å². The Bertz CT molecular complexity index is 1560. The van der Waals surface area contributed by atoms with E-state index in [1.165, 1.54) is 6.92 Å². The van der Waals surface area contributed by atoms with Crippen LogP contribution in [0.5, 0.6) is 0 Å². The molecule has 1 N–H and O–H groups in total. The molecule has 9 heteroatoms. The number of fused-ring (bicyclic) bond motifs is 2. The van der Waals surface area contributed by atoms with Crippen molar-refractivity contribution in [3.05, 3.63) is 41.6 Å². The van der Waals surface area contributed by atoms with E-state index in [1.54, 1.807) is 17.1 Å². The van der Waals surface area contributed by atoms with Crippen molar-refractivity contribution in [3.63, 3.8) is 0 Å². The Labute approximate surface area is 261 Å². The van der Waals surface area contributed by atoms with Gasteiger partial charge in [0.25, 0.3) is 0 Å². The smallest absolute Gasteiger partial charge is 0.245 e. The van der Waals surface area contributed by atoms with Crippen LogP contribution >= 0.6 is 0 Å². The molecule has 0 unspecified atom stereocenters. The van der Waals surface area contributed by atoms with E-state index in [0.717, 1.165) is 54.3 Å². The summed E-state index contributed by atoms with van der Waals surface area (Å²) in [5, 5.41) is 8.70. The van der Waals surface area contributed by atoms with Crippen molar-refractivity contribution < 1.29 is 14.4 Å². The number of rotatable bonds is 12. The zero-order chi connectivity index (χ0) is 31.9. The first-order valence-corrected chi connectivity index (χ1v) is 16.2. The van der Waals surface area contributed by atoms with E-state index in [4.69, 9.17) is 0 Å². The van der Waals surface area contributed by atoms with Gasteiger partial charge in [0.1, 0.15) is 24.1 Å². The molecule has 2 fully saturated rings. The number of aromatic nitrogens is 4. The summed E-state index contributed by atoms with van der Waals surface area (Å²) in [7, 11) is 0. The fourth-order valence-corrected chi connectivity index (χ4v) is 7.07. The van der Waals surface area contributed by atoms with Crippen molar-refractivity contribution in [1.29, 1.82) is 0 Å². The van der Waals surface area contributed by atoms with Gasteiger partial charge < -0.3 is 10.2 Å². The fraction of sp³-hybridized carbons (Fsp3) is 0.600. The summed E-state index contributed by atoms with van der Waals surface area (Å²) in [5.74, 6) is 1.44. The van der Waals surface area contributed by atoms with E-state index >= 15 is 0 Å². The van der Waals surface area contributed by atoms with Crippen LogP contribution in [0.3, 0.4) is 0 Å². The molecule has 1 saturated heterocycles. The molecule has 236 valence electrons. The maximum absolute atomic E-state index is 14.1. The molecule has 4 atom stereocenters. The lowest BCUT2D eigenvalue weighted by molar-refractivity contribution is -0.140. The van der Waals surface area contributed by atoms with Gasteiger partial charge in [0.15, 0.2) is 5.78 Å². The van der Waals surface area contributed by atoms with Gasteiger partial charge in [-0.25, -0.2) is 9.97 Å². The Morgan fingerprint density at radius 3 is 2.34 bits per heavy atom. The van der Waals surface area contributed by atoms with Gasteiger partial charge in [-0.2, -0.15) is 5.10 Å². The number of ketones is 1. The third kappa shape index (κ3) is 6.57. The van der Waals surface area contributed by atoms with Crippen LogP contribution in [0.4, 0.5) is 0 Å². The molecule has 0 radical (unpaired) electrons. The van der Waals surface area contributed by atoms with Crippen LogP contribution in [0.1, 0.15) is 102 Å². The second-order valence-corrected chi connectivity index (χ2v) is 14.3. The molecule has 1 aliphatic carbocycles. The Kier molecular flexibility index (Phi) is 8.96. The first-order chi connectivity index (χ1) is 20.8. The first kappa shape index (κ1) is 31.8. The summed E-state index contributed by atoms with van der Waals surface area (Å²) in [4.78, 5) is 51.0. The highest BCUT2D eigenvalue weighted by Crippen LogP contribution is 2.59. The monoisotopic (exact) mass is 600 g/mol. The van der Waals surface area contributed by atoms with Gasteiger partial charge in [0.2, 0.25) is 11.8 Å². The number of carbonyl (C=O) groups is 3. The minimum Gasteiger partial charge on any atom is -0.352 e. The van der Waals surface area contributed by atoms with Crippen molar-refractivity contribution >= 4 is 28.5 Å². The molecule has 2 amide bonds. The number of piperidine rings is 1. The lowest BCUT2D eigenvalue weighted by Gasteiger charge is -2.29. The van der Waals surface area contributed by atoms with Crippen molar-refractivity contribution in [3.8, 4) is 11.1 Å². The van der Waals surface area contributed by atoms with Gasteiger partial charge in [-0.3, -0.25) is 19.1 Å². The highest BCUT2D eigenvalue weighted by atomic mass is 16.2. The number of amides is 2. The third-order valence-corrected chi connectivity index (χ3v) is 9.43. The number of nitrogens with zero attached hydrogens (tertiary/aromatic N) is 5. The average Bonchev–Trinajstić information content (AvgIpc) is 3.29. The van der Waals surface area contributed by atoms with Crippen LogP contribution in [-0.2, 0) is 16.1 Å². The van der Waals surface area contributed by atoms with Crippen LogP contribution < -0.4 is 5.32 Å². The van der Waals surface area contributed by atoms with Crippen LogP contribution in [0.2, 0.25) is 0 Å². The standard InChI is InChI=1S/C35H48N6O3/c1-20(2)10-9-11-27(12-21(3)4)38-34(44)29-15-35(8)16-30(35)41(29)31(43)19-40-33-22(5)13-25(26-17-36-24(7)37-18-26)14-28(33)32(39-40)23(6)42/h13-14,17-18,20-21,27,29-30H,9-12,15-16,19H2,1-8H3,(H,38,44)/t27-,29-,30+,35-/m0/s1. The molecule has 5 rings (SSSR count). The zero-order valence-corrected chi connectivity index (χ0v) is 27.6. The van der Waals surface area contributed by atoms with Gasteiger partial charge in [0, 0.05) is 42.4 Å². The Morgan fingerprint density at radius 1 is 1.00 bits per heavy atom. The van der Waals surface area contributed by atoms with E-state index in [1.807, 2.05) is 30.9 Å². The molecular formula is C35H48N6O3. The number of hydrogen-bond acceptors (Lipinski definition) is 6. The van der Waals surface area contributed by atoms with Crippen LogP contribution in [0.25, 0.3) is 22.0 Å². The maximum Gasteiger partial charge on any atom is 0.245 e. The summed E-state index contributed by atoms with van der Waals surface area (Å²) in [6.07, 6.45) is 9.21. The summed E-state index contributed by atoms with van der Waals surface area (Å²) < 4.78 is 1.65. The van der Waals surface area contributed by atoms with Crippen LogP contribution in [0.15, 0.2) is 24.5 Å². The highest BCUT2D eigenvalue weighted by Gasteiger charge is 2.64. The van der Waals surface area contributed by atoms with Gasteiger partial charge in [-0.05, 0) is 80.0 Å². The van der Waals surface area contributed by atoms with Crippen molar-refractivity contribution in [2.75, 3.05) is 0 Å². The summed E-state index contributed by atoms with van der Waals surface area (Å²) in [6.45, 7) is 16.3. The van der Waals surface area contributed by atoms with Crippen LogP contribution in [0, 0.1) is 31.1 Å². The number of benzene rings is 1. The molecular weight excluding hydrogens is 552 g/mol. The molecule has 3 heterocycles. The Balaban J connectivity index is 1.40. The van der Waals surface area contributed by atoms with Gasteiger partial charge in [-0.15, -0.1) is 0 Å². The quantitative estimate of drug-likeness (QED) is 0.254. The molecule has 44 heavy (non-hydrogen) atoms. The lowest BCUT2D eigenvalue weighted by atomic mass is 9.95. The topological polar surface area (TPSA) is 110 Å². The lowest BCUT2D eigenvalue weighted by Crippen LogP contribution is -2.51. The van der Waals surface area contributed by atoms with Gasteiger partial charge in [0.05, 0.1) is 5.52 Å². The van der Waals surface area contributed by atoms with E-state index < -0.39 is 6.04 Å². The molecule has 2 aliphatic rings. The Hall–Kier alpha value is -3.62. The van der Waals surface area contributed by atoms with E-state index in [-0.39, 0.29) is 41.6 Å². The van der Waals surface area contributed by atoms with E-state index in [2.05, 4.69) is 55.0 Å². The largest absolute Gasteiger partial charge is 0.352 e. The highest BCUT2D eigenvalue weighted by molar-refractivity contribution is 6.07. The second kappa shape index (κ2) is 12.4. The minimum atomic E-state index is -0.491. The SMILES string of the molecule is CC(=O)c1nn(CC(=O)N2[C@H](C(=O)N[C@@H](CCCC(C)C)CC(C)C)C[C@@]3(C)C[C@@H]23)c2c(C)cc(-c3cnc(C)nc3)cc12. The molecule has 0 bridgehead atoms. The zero-order valence-electron chi connectivity index (χ0n) is 27.6. The molecule has 1 saturated carbocycles. The number of likely N-dealkylation sites (tertiary alicyclic amines) is 1. The van der Waals surface area contributed by atoms with Gasteiger partial charge in [-0.1, -0.05) is 47.5 Å². The normalized spacial score (nSPS) is 21.6. The van der Waals surface area contributed by atoms with Crippen LogP contribution in [-0.4, -0.2) is 60.4 Å². The molecule has 9 nitrogen and oxygen atoms in total. The second-order valence-electron chi connectivity index (χ2n) is 14.3. The number of hydrogen-bond donors (Lipinski definition) is 1. The maximum atomic E-state index is 14.1. The molecule has 0 spiro atoms. The molecule has 3 aromatic rings. The van der Waals surface area contributed by atoms with Crippen molar-refractivity contribution in [2.45, 2.75) is 119 Å². The van der Waals surface area contributed by atoms with E-state index in [9.17, 15) is 14.4 Å². The minimum absolute atomic E-state index is 0.0273. The molecule has 2 aromatic heterocycles. The summed E-state index contributed by atoms with van der Waals surface area (Å²) >= 11 is 0. The number of carbonyl (C=O) groups excluding carboxylic acids is 3. The van der Waals surface area contributed by atoms with Gasteiger partial charge >= 0.3 is 0 Å². The molecule has 1 aliphatic heterocycles. The summed E-state index contributed by atoms with van der Waals surface area (Å²) in [5.41, 5.74) is 3.68. The summed E-state index contributed by atoms with van der Waals surface area (Å²) in [6, 6.07) is 3.61. The number of Topliss-reactive ketones (excluding diaryl/α,β-unsaturated/α-hetero) is 1. The molecule has 1 aromatic carbocycles. The number of nitrogens with one attached hydrogen (secondary N) is 1. The average molecular weight is 601 g/mol. The third-order valence-electron chi connectivity index (χ3n) is 9.43. The number of aryl methyl sites for hydroxylation is 2. The fourth-order valence-electron chi connectivity index (χ4n) is 7.07. The van der Waals surface area contributed by atoms with E-state index in [0.29, 0.717) is 35.2 Å².